The van der Waals surface area contributed by atoms with Gasteiger partial charge in [-0.05, 0) is 44.0 Å². The van der Waals surface area contributed by atoms with Crippen LogP contribution in [0.1, 0.15) is 25.8 Å². The summed E-state index contributed by atoms with van der Waals surface area (Å²) in [6.45, 7) is 4.72. The van der Waals surface area contributed by atoms with Crippen LogP contribution < -0.4 is 15.2 Å². The van der Waals surface area contributed by atoms with Crippen LogP contribution >= 0.6 is 12.6 Å². The summed E-state index contributed by atoms with van der Waals surface area (Å²) >= 11 is 4.41. The second kappa shape index (κ2) is 6.77. The summed E-state index contributed by atoms with van der Waals surface area (Å²) in [4.78, 5) is 0.794. The molecule has 1 aromatic rings. The molecule has 0 saturated carbocycles. The average molecular weight is 255 g/mol. The van der Waals surface area contributed by atoms with Crippen LogP contribution in [0.5, 0.6) is 11.5 Å². The van der Waals surface area contributed by atoms with Gasteiger partial charge in [0, 0.05) is 4.90 Å². The van der Waals surface area contributed by atoms with Crippen LogP contribution in [-0.4, -0.2) is 19.8 Å². The van der Waals surface area contributed by atoms with Crippen molar-refractivity contribution in [3.05, 3.63) is 17.7 Å². The minimum Gasteiger partial charge on any atom is -0.496 e. The molecule has 1 aromatic carbocycles. The predicted molar refractivity (Wildman–Crippen MR) is 73.4 cm³/mol. The van der Waals surface area contributed by atoms with Crippen molar-refractivity contribution in [3.63, 3.8) is 0 Å². The molecule has 96 valence electrons. The van der Waals surface area contributed by atoms with Gasteiger partial charge in [-0.25, -0.2) is 0 Å². The van der Waals surface area contributed by atoms with E-state index in [-0.39, 0.29) is 6.10 Å². The van der Waals surface area contributed by atoms with Gasteiger partial charge in [0.2, 0.25) is 0 Å². The maximum absolute atomic E-state index is 5.81. The summed E-state index contributed by atoms with van der Waals surface area (Å²) in [5.41, 5.74) is 6.65. The van der Waals surface area contributed by atoms with Gasteiger partial charge in [0.05, 0.1) is 13.2 Å². The SMILES string of the molecule is CCC(C)Oc1cc(CCN)c(OC)cc1S. The van der Waals surface area contributed by atoms with E-state index < -0.39 is 0 Å². The van der Waals surface area contributed by atoms with Crippen molar-refractivity contribution in [2.24, 2.45) is 5.73 Å². The molecular formula is C13H21NO2S. The lowest BCUT2D eigenvalue weighted by molar-refractivity contribution is 0.211. The number of rotatable bonds is 6. The highest BCUT2D eigenvalue weighted by Gasteiger charge is 2.11. The Kier molecular flexibility index (Phi) is 5.65. The normalized spacial score (nSPS) is 12.3. The third-order valence-electron chi connectivity index (χ3n) is 2.68. The summed E-state index contributed by atoms with van der Waals surface area (Å²) in [6.07, 6.45) is 1.92. The van der Waals surface area contributed by atoms with Crippen molar-refractivity contribution in [1.82, 2.24) is 0 Å². The number of thiol groups is 1. The van der Waals surface area contributed by atoms with E-state index in [0.717, 1.165) is 34.8 Å². The molecule has 0 heterocycles. The molecule has 0 aliphatic carbocycles. The Morgan fingerprint density at radius 2 is 2.06 bits per heavy atom. The minimum absolute atomic E-state index is 0.181. The molecule has 1 rings (SSSR count). The summed E-state index contributed by atoms with van der Waals surface area (Å²) in [6, 6.07) is 3.85. The van der Waals surface area contributed by atoms with Crippen LogP contribution in [0.15, 0.2) is 17.0 Å². The first-order valence-electron chi connectivity index (χ1n) is 5.89. The van der Waals surface area contributed by atoms with Gasteiger partial charge < -0.3 is 15.2 Å². The first kappa shape index (κ1) is 14.2. The largest absolute Gasteiger partial charge is 0.496 e. The maximum Gasteiger partial charge on any atom is 0.133 e. The Morgan fingerprint density at radius 3 is 2.59 bits per heavy atom. The summed E-state index contributed by atoms with van der Waals surface area (Å²) in [7, 11) is 1.65. The molecule has 0 spiro atoms. The number of ether oxygens (including phenoxy) is 2. The molecule has 17 heavy (non-hydrogen) atoms. The lowest BCUT2D eigenvalue weighted by atomic mass is 10.1. The fraction of sp³-hybridized carbons (Fsp3) is 0.538. The molecule has 0 aliphatic rings. The standard InChI is InChI=1S/C13H21NO2S/c1-4-9(2)16-12-7-10(5-6-14)11(15-3)8-13(12)17/h7-9,17H,4-6,14H2,1-3H3. The van der Waals surface area contributed by atoms with Crippen LogP contribution in [0.4, 0.5) is 0 Å². The van der Waals surface area contributed by atoms with E-state index >= 15 is 0 Å². The van der Waals surface area contributed by atoms with Crippen LogP contribution in [-0.2, 0) is 6.42 Å². The monoisotopic (exact) mass is 255 g/mol. The minimum atomic E-state index is 0.181. The molecule has 1 unspecified atom stereocenters. The summed E-state index contributed by atoms with van der Waals surface area (Å²) in [5, 5.41) is 0. The molecule has 0 amide bonds. The first-order valence-corrected chi connectivity index (χ1v) is 6.33. The van der Waals surface area contributed by atoms with Gasteiger partial charge in [-0.2, -0.15) is 0 Å². The molecule has 2 N–H and O–H groups in total. The molecular weight excluding hydrogens is 234 g/mol. The van der Waals surface area contributed by atoms with Crippen molar-refractivity contribution in [3.8, 4) is 11.5 Å². The Hall–Kier alpha value is -0.870. The van der Waals surface area contributed by atoms with Crippen molar-refractivity contribution in [1.29, 1.82) is 0 Å². The Labute approximate surface area is 109 Å². The molecule has 0 bridgehead atoms. The maximum atomic E-state index is 5.81. The van der Waals surface area contributed by atoms with Gasteiger partial charge in [-0.15, -0.1) is 12.6 Å². The zero-order chi connectivity index (χ0) is 12.8. The number of methoxy groups -OCH3 is 1. The molecule has 4 heteroatoms. The quantitative estimate of drug-likeness (QED) is 0.768. The summed E-state index contributed by atoms with van der Waals surface area (Å²) in [5.74, 6) is 1.61. The highest BCUT2D eigenvalue weighted by molar-refractivity contribution is 7.80. The third kappa shape index (κ3) is 3.82. The van der Waals surface area contributed by atoms with Crippen molar-refractivity contribution in [2.75, 3.05) is 13.7 Å². The highest BCUT2D eigenvalue weighted by Crippen LogP contribution is 2.32. The van der Waals surface area contributed by atoms with Gasteiger partial charge in [0.1, 0.15) is 11.5 Å². The smallest absolute Gasteiger partial charge is 0.133 e. The second-order valence-electron chi connectivity index (χ2n) is 4.01. The van der Waals surface area contributed by atoms with E-state index in [0.29, 0.717) is 6.54 Å². The van der Waals surface area contributed by atoms with E-state index in [1.54, 1.807) is 7.11 Å². The Bertz CT molecular complexity index is 369. The Balaban J connectivity index is 3.01. The highest BCUT2D eigenvalue weighted by atomic mass is 32.1. The Morgan fingerprint density at radius 1 is 1.35 bits per heavy atom. The fourth-order valence-corrected chi connectivity index (χ4v) is 1.76. The van der Waals surface area contributed by atoms with Gasteiger partial charge >= 0.3 is 0 Å². The first-order chi connectivity index (χ1) is 8.12. The predicted octanol–water partition coefficient (Wildman–Crippen LogP) is 2.66. The third-order valence-corrected chi connectivity index (χ3v) is 3.03. The van der Waals surface area contributed by atoms with Gasteiger partial charge in [-0.3, -0.25) is 0 Å². The molecule has 0 fully saturated rings. The molecule has 3 nitrogen and oxygen atoms in total. The zero-order valence-electron chi connectivity index (χ0n) is 10.7. The number of nitrogens with two attached hydrogens (primary N) is 1. The van der Waals surface area contributed by atoms with Crippen LogP contribution in [0.3, 0.4) is 0 Å². The summed E-state index contributed by atoms with van der Waals surface area (Å²) < 4.78 is 11.1. The lowest BCUT2D eigenvalue weighted by Crippen LogP contribution is -2.11. The van der Waals surface area contributed by atoms with Crippen molar-refractivity contribution >= 4 is 12.6 Å². The van der Waals surface area contributed by atoms with Crippen LogP contribution in [0.2, 0.25) is 0 Å². The average Bonchev–Trinajstić information content (AvgIpc) is 2.33. The van der Waals surface area contributed by atoms with Crippen LogP contribution in [0.25, 0.3) is 0 Å². The second-order valence-corrected chi connectivity index (χ2v) is 4.49. The molecule has 0 aromatic heterocycles. The van der Waals surface area contributed by atoms with E-state index in [1.165, 1.54) is 0 Å². The van der Waals surface area contributed by atoms with E-state index in [1.807, 2.05) is 19.1 Å². The van der Waals surface area contributed by atoms with E-state index in [4.69, 9.17) is 15.2 Å². The van der Waals surface area contributed by atoms with Gasteiger partial charge in [0.25, 0.3) is 0 Å². The van der Waals surface area contributed by atoms with Crippen molar-refractivity contribution < 1.29 is 9.47 Å². The number of hydrogen-bond acceptors (Lipinski definition) is 4. The van der Waals surface area contributed by atoms with E-state index in [2.05, 4.69) is 19.6 Å². The topological polar surface area (TPSA) is 44.5 Å². The molecule has 0 radical (unpaired) electrons. The van der Waals surface area contributed by atoms with Crippen molar-refractivity contribution in [2.45, 2.75) is 37.7 Å². The fourth-order valence-electron chi connectivity index (χ4n) is 1.53. The number of hydrogen-bond donors (Lipinski definition) is 2. The molecule has 0 aliphatic heterocycles. The van der Waals surface area contributed by atoms with Crippen LogP contribution in [0, 0.1) is 0 Å². The van der Waals surface area contributed by atoms with E-state index in [9.17, 15) is 0 Å². The lowest BCUT2D eigenvalue weighted by Gasteiger charge is -2.17. The van der Waals surface area contributed by atoms with Gasteiger partial charge in [-0.1, -0.05) is 6.92 Å². The van der Waals surface area contributed by atoms with Gasteiger partial charge in [0.15, 0.2) is 0 Å². The molecule has 0 saturated heterocycles. The zero-order valence-corrected chi connectivity index (χ0v) is 11.6. The molecule has 1 atom stereocenters. The number of benzene rings is 1.